The molecule has 8 nitrogen and oxygen atoms in total. The third-order valence-electron chi connectivity index (χ3n) is 5.79. The van der Waals surface area contributed by atoms with Crippen molar-refractivity contribution >= 4 is 15.9 Å². The quantitative estimate of drug-likeness (QED) is 0.587. The van der Waals surface area contributed by atoms with Crippen molar-refractivity contribution in [3.05, 3.63) is 53.1 Å². The van der Waals surface area contributed by atoms with Crippen LogP contribution >= 0.6 is 0 Å². The Labute approximate surface area is 197 Å². The summed E-state index contributed by atoms with van der Waals surface area (Å²) < 4.78 is 96.5. The lowest BCUT2D eigenvalue weighted by atomic mass is 9.88. The number of oxime groups is 1. The molecule has 2 aromatic rings. The molecular formula is C21H21F5N4O4S. The second-order valence-corrected chi connectivity index (χ2v) is 10.4. The van der Waals surface area contributed by atoms with Gasteiger partial charge in [-0.05, 0) is 18.6 Å². The Morgan fingerprint density at radius 3 is 2.49 bits per heavy atom. The monoisotopic (exact) mass is 520 g/mol. The molecule has 35 heavy (non-hydrogen) atoms. The van der Waals surface area contributed by atoms with Crippen LogP contribution < -0.4 is 4.72 Å². The van der Waals surface area contributed by atoms with Crippen LogP contribution in [0.15, 0.2) is 29.6 Å². The van der Waals surface area contributed by atoms with Gasteiger partial charge in [0.05, 0.1) is 37.1 Å². The molecule has 2 aliphatic heterocycles. The van der Waals surface area contributed by atoms with Crippen LogP contribution in [0.3, 0.4) is 0 Å². The van der Waals surface area contributed by atoms with Gasteiger partial charge in [-0.15, -0.1) is 0 Å². The van der Waals surface area contributed by atoms with Gasteiger partial charge in [-0.1, -0.05) is 5.16 Å². The van der Waals surface area contributed by atoms with Crippen LogP contribution in [0.5, 0.6) is 0 Å². The number of halogens is 5. The molecule has 1 aromatic carbocycles. The number of nitrogens with zero attached hydrogens (tertiary/aromatic N) is 3. The summed E-state index contributed by atoms with van der Waals surface area (Å²) in [5, 5.41) is 14.0. The molecule has 0 radical (unpaired) electrons. The molecule has 1 unspecified atom stereocenters. The van der Waals surface area contributed by atoms with Gasteiger partial charge in [0, 0.05) is 30.4 Å². The van der Waals surface area contributed by atoms with Gasteiger partial charge in [0.1, 0.15) is 29.3 Å². The predicted molar refractivity (Wildman–Crippen MR) is 114 cm³/mol. The highest BCUT2D eigenvalue weighted by Crippen LogP contribution is 2.42. The standard InChI is InChI=1S/C21H21F5N4O4S/c1-11-3-13(18-14(23)4-12(22)5-15(18)24)19(27-7-11)20(10-31)6-17(28-34-20)30-8-16(21(25,26)9-30)29-35(2,32)33/h3-5,7,16,29,31H,6,8-10H2,1-2H3/t16-,20?/m1/s1. The van der Waals surface area contributed by atoms with E-state index in [-0.39, 0.29) is 23.5 Å². The minimum Gasteiger partial charge on any atom is -0.392 e. The molecule has 0 saturated carbocycles. The van der Waals surface area contributed by atoms with Gasteiger partial charge >= 0.3 is 0 Å². The molecule has 0 amide bonds. The predicted octanol–water partition coefficient (Wildman–Crippen LogP) is 2.26. The maximum Gasteiger partial charge on any atom is 0.282 e. The van der Waals surface area contributed by atoms with Crippen LogP contribution in [-0.4, -0.2) is 67.2 Å². The van der Waals surface area contributed by atoms with Crippen molar-refractivity contribution < 1.29 is 40.3 Å². The first-order valence-electron chi connectivity index (χ1n) is 10.3. The first kappa shape index (κ1) is 25.3. The second-order valence-electron chi connectivity index (χ2n) is 8.67. The van der Waals surface area contributed by atoms with E-state index in [0.29, 0.717) is 17.7 Å². The number of rotatable bonds is 5. The molecule has 2 N–H and O–H groups in total. The zero-order valence-corrected chi connectivity index (χ0v) is 19.3. The molecule has 4 rings (SSSR count). The van der Waals surface area contributed by atoms with E-state index >= 15 is 0 Å². The molecule has 1 saturated heterocycles. The van der Waals surface area contributed by atoms with E-state index in [1.165, 1.54) is 12.3 Å². The summed E-state index contributed by atoms with van der Waals surface area (Å²) in [4.78, 5) is 10.7. The lowest BCUT2D eigenvalue weighted by molar-refractivity contribution is -0.0646. The molecule has 0 spiro atoms. The number of pyridine rings is 1. The van der Waals surface area contributed by atoms with Crippen LogP contribution in [0.1, 0.15) is 17.7 Å². The van der Waals surface area contributed by atoms with Crippen molar-refractivity contribution in [3.8, 4) is 11.1 Å². The number of sulfonamides is 1. The third-order valence-corrected chi connectivity index (χ3v) is 6.51. The third kappa shape index (κ3) is 4.82. The average molecular weight is 520 g/mol. The molecular weight excluding hydrogens is 499 g/mol. The lowest BCUT2D eigenvalue weighted by Crippen LogP contribution is -2.46. The number of aliphatic hydroxyl groups is 1. The first-order chi connectivity index (χ1) is 16.2. The molecule has 14 heteroatoms. The van der Waals surface area contributed by atoms with Crippen LogP contribution in [0.25, 0.3) is 11.1 Å². The minimum absolute atomic E-state index is 0.0371. The van der Waals surface area contributed by atoms with E-state index < -0.39 is 70.3 Å². The average Bonchev–Trinajstić information content (AvgIpc) is 3.28. The number of nitrogens with one attached hydrogen (secondary N) is 1. The van der Waals surface area contributed by atoms with Gasteiger partial charge in [0.15, 0.2) is 0 Å². The van der Waals surface area contributed by atoms with Crippen molar-refractivity contribution in [2.45, 2.75) is 30.9 Å². The van der Waals surface area contributed by atoms with Crippen molar-refractivity contribution in [2.75, 3.05) is 26.0 Å². The Bertz CT molecular complexity index is 1280. The van der Waals surface area contributed by atoms with Crippen molar-refractivity contribution in [1.29, 1.82) is 0 Å². The zero-order chi connectivity index (χ0) is 25.8. The second kappa shape index (κ2) is 8.68. The van der Waals surface area contributed by atoms with Gasteiger partial charge in [0.2, 0.25) is 15.6 Å². The minimum atomic E-state index is -3.92. The van der Waals surface area contributed by atoms with Gasteiger partial charge in [-0.2, -0.15) is 0 Å². The summed E-state index contributed by atoms with van der Waals surface area (Å²) in [6.45, 7) is -0.495. The van der Waals surface area contributed by atoms with Crippen molar-refractivity contribution in [1.82, 2.24) is 14.6 Å². The Hall–Kier alpha value is -2.84. The lowest BCUT2D eigenvalue weighted by Gasteiger charge is -2.27. The summed E-state index contributed by atoms with van der Waals surface area (Å²) in [5.41, 5.74) is -2.16. The van der Waals surface area contributed by atoms with Gasteiger partial charge < -0.3 is 14.8 Å². The number of alkyl halides is 2. The fraction of sp³-hybridized carbons (Fsp3) is 0.429. The number of hydrogen-bond acceptors (Lipinski definition) is 7. The summed E-state index contributed by atoms with van der Waals surface area (Å²) >= 11 is 0. The van der Waals surface area contributed by atoms with Crippen LogP contribution in [0.4, 0.5) is 22.0 Å². The van der Waals surface area contributed by atoms with E-state index in [1.54, 1.807) is 6.92 Å². The zero-order valence-electron chi connectivity index (χ0n) is 18.5. The largest absolute Gasteiger partial charge is 0.392 e. The molecule has 2 atom stereocenters. The summed E-state index contributed by atoms with van der Waals surface area (Å²) in [5.74, 6) is -7.01. The molecule has 0 aliphatic carbocycles. The molecule has 1 fully saturated rings. The number of aliphatic hydroxyl groups excluding tert-OH is 1. The number of benzene rings is 1. The highest BCUT2D eigenvalue weighted by Gasteiger charge is 2.53. The van der Waals surface area contributed by atoms with Crippen LogP contribution in [-0.2, 0) is 20.5 Å². The van der Waals surface area contributed by atoms with E-state index in [1.807, 2.05) is 4.72 Å². The topological polar surface area (TPSA) is 104 Å². The number of likely N-dealkylation sites (tertiary alicyclic amines) is 1. The smallest absolute Gasteiger partial charge is 0.282 e. The molecule has 0 bridgehead atoms. The highest BCUT2D eigenvalue weighted by molar-refractivity contribution is 7.88. The maximum atomic E-state index is 14.6. The SMILES string of the molecule is Cc1cnc(C2(CO)CC(N3C[C@@H](NS(C)(=O)=O)C(F)(F)C3)=NO2)c(-c2c(F)cc(F)cc2F)c1. The van der Waals surface area contributed by atoms with E-state index in [0.717, 1.165) is 11.2 Å². The normalized spacial score (nSPS) is 23.9. The summed E-state index contributed by atoms with van der Waals surface area (Å²) in [7, 11) is -3.92. The number of aryl methyl sites for hydroxylation is 1. The van der Waals surface area contributed by atoms with E-state index in [2.05, 4.69) is 10.1 Å². The first-order valence-corrected chi connectivity index (χ1v) is 12.2. The molecule has 3 heterocycles. The van der Waals surface area contributed by atoms with Gasteiger partial charge in [-0.25, -0.2) is 35.1 Å². The van der Waals surface area contributed by atoms with Crippen LogP contribution in [0.2, 0.25) is 0 Å². The molecule has 2 aliphatic rings. The number of aromatic nitrogens is 1. The Morgan fingerprint density at radius 2 is 1.89 bits per heavy atom. The Kier molecular flexibility index (Phi) is 6.26. The molecule has 1 aromatic heterocycles. The summed E-state index contributed by atoms with van der Waals surface area (Å²) in [6, 6.07) is 0.639. The van der Waals surface area contributed by atoms with E-state index in [4.69, 9.17) is 4.84 Å². The molecule has 190 valence electrons. The van der Waals surface area contributed by atoms with Gasteiger partial charge in [-0.3, -0.25) is 4.98 Å². The number of amidine groups is 1. The summed E-state index contributed by atoms with van der Waals surface area (Å²) in [6.07, 6.45) is 1.81. The fourth-order valence-corrected chi connectivity index (χ4v) is 4.96. The Balaban J connectivity index is 1.69. The maximum absolute atomic E-state index is 14.6. The van der Waals surface area contributed by atoms with Crippen LogP contribution in [0, 0.1) is 24.4 Å². The van der Waals surface area contributed by atoms with Crippen molar-refractivity contribution in [3.63, 3.8) is 0 Å². The fourth-order valence-electron chi connectivity index (χ4n) is 4.20. The van der Waals surface area contributed by atoms with Gasteiger partial charge in [0.25, 0.3) is 5.92 Å². The van der Waals surface area contributed by atoms with E-state index in [9.17, 15) is 35.5 Å². The highest BCUT2D eigenvalue weighted by atomic mass is 32.2. The number of hydrogen-bond donors (Lipinski definition) is 2. The Morgan fingerprint density at radius 1 is 1.23 bits per heavy atom. The van der Waals surface area contributed by atoms with Crippen molar-refractivity contribution in [2.24, 2.45) is 5.16 Å².